The normalized spacial score (nSPS) is 12.8. The van der Waals surface area contributed by atoms with Crippen molar-refractivity contribution in [3.05, 3.63) is 55.8 Å². The molecule has 6 heteroatoms. The van der Waals surface area contributed by atoms with Crippen LogP contribution >= 0.6 is 0 Å². The third-order valence-corrected chi connectivity index (χ3v) is 2.73. The predicted octanol–water partition coefficient (Wildman–Crippen LogP) is 2.22. The second-order valence-electron chi connectivity index (χ2n) is 4.16. The molecule has 1 aliphatic heterocycles. The van der Waals surface area contributed by atoms with E-state index in [1.54, 1.807) is 0 Å². The fourth-order valence-electron chi connectivity index (χ4n) is 1.78. The zero-order valence-electron chi connectivity index (χ0n) is 11.8. The molecular formula is C15H16CrO5+6. The van der Waals surface area contributed by atoms with Crippen molar-refractivity contribution in [1.29, 1.82) is 0 Å². The minimum Gasteiger partial charge on any atom is 6.00 e. The summed E-state index contributed by atoms with van der Waals surface area (Å²) in [5.74, 6) is 0. The summed E-state index contributed by atoms with van der Waals surface area (Å²) in [4.78, 5) is 0. The Balaban J connectivity index is -0.000000414. The minimum absolute atomic E-state index is 0. The summed E-state index contributed by atoms with van der Waals surface area (Å²) in [5.41, 5.74) is 1.18. The van der Waals surface area contributed by atoms with Crippen molar-refractivity contribution in [3.8, 4) is 0 Å². The van der Waals surface area contributed by atoms with Gasteiger partial charge < -0.3 is 9.47 Å². The van der Waals surface area contributed by atoms with E-state index in [4.69, 9.17) is 23.4 Å². The van der Waals surface area contributed by atoms with Crippen LogP contribution < -0.4 is 0 Å². The van der Waals surface area contributed by atoms with Gasteiger partial charge in [0.1, 0.15) is 0 Å². The Kier molecular flexibility index (Phi) is 18.1. The van der Waals surface area contributed by atoms with Gasteiger partial charge in [-0.2, -0.15) is 0 Å². The first-order valence-corrected chi connectivity index (χ1v) is 5.61. The van der Waals surface area contributed by atoms with Crippen LogP contribution in [0.3, 0.4) is 0 Å². The van der Waals surface area contributed by atoms with Crippen LogP contribution in [0.5, 0.6) is 0 Å². The van der Waals surface area contributed by atoms with Crippen LogP contribution in [0, 0.1) is 20.0 Å². The van der Waals surface area contributed by atoms with Crippen molar-refractivity contribution in [2.75, 3.05) is 13.2 Å². The molecule has 106 valence electrons. The standard InChI is InChI=1S/C12H16O2.3CO.Cr/c1-12(2,11-13-8-9-14-11)10-6-4-3-5-7-10;3*1-2;/h3-7,11H,8-9H2,1-2H3;;;;/q;;;;+6. The number of hydrogen-bond acceptors (Lipinski definition) is 2. The molecule has 5 nitrogen and oxygen atoms in total. The average molecular weight is 328 g/mol. The molecule has 0 saturated carbocycles. The third-order valence-electron chi connectivity index (χ3n) is 2.73. The number of ether oxygens (including phenoxy) is 2. The Bertz CT molecular complexity index is 391. The van der Waals surface area contributed by atoms with Crippen LogP contribution in [0.15, 0.2) is 30.3 Å². The van der Waals surface area contributed by atoms with Gasteiger partial charge in [-0.05, 0) is 5.56 Å². The van der Waals surface area contributed by atoms with E-state index in [9.17, 15) is 0 Å². The summed E-state index contributed by atoms with van der Waals surface area (Å²) >= 11 is 0. The van der Waals surface area contributed by atoms with Crippen LogP contribution in [0.4, 0.5) is 0 Å². The molecule has 0 bridgehead atoms. The van der Waals surface area contributed by atoms with Gasteiger partial charge >= 0.3 is 51.3 Å². The molecule has 0 aromatic heterocycles. The summed E-state index contributed by atoms with van der Waals surface area (Å²) in [5, 5.41) is 0. The van der Waals surface area contributed by atoms with Crippen molar-refractivity contribution in [2.24, 2.45) is 0 Å². The van der Waals surface area contributed by atoms with Crippen molar-refractivity contribution < 1.29 is 40.8 Å². The first-order valence-electron chi connectivity index (χ1n) is 5.61. The van der Waals surface area contributed by atoms with E-state index in [-0.39, 0.29) is 29.1 Å². The van der Waals surface area contributed by atoms with Crippen LogP contribution in [0.2, 0.25) is 0 Å². The minimum atomic E-state index is -0.107. The first-order chi connectivity index (χ1) is 9.71. The predicted molar refractivity (Wildman–Crippen MR) is 66.9 cm³/mol. The van der Waals surface area contributed by atoms with E-state index in [0.717, 1.165) is 0 Å². The van der Waals surface area contributed by atoms with E-state index in [0.29, 0.717) is 13.2 Å². The number of benzene rings is 1. The van der Waals surface area contributed by atoms with Gasteiger partial charge in [0, 0.05) is 5.41 Å². The second kappa shape index (κ2) is 15.3. The van der Waals surface area contributed by atoms with E-state index in [2.05, 4.69) is 45.9 Å². The van der Waals surface area contributed by atoms with Gasteiger partial charge in [-0.15, -0.1) is 0 Å². The molecule has 1 fully saturated rings. The Labute approximate surface area is 135 Å². The zero-order valence-corrected chi connectivity index (χ0v) is 13.1. The Hall–Kier alpha value is -1.11. The molecule has 2 rings (SSSR count). The van der Waals surface area contributed by atoms with Crippen LogP contribution in [-0.4, -0.2) is 19.5 Å². The SMILES string of the molecule is CC(C)(c1ccccc1)C1OCCO1.[C-]#[O+].[C-]#[O+].[C-]#[O+].[Cr+6]. The summed E-state index contributed by atoms with van der Waals surface area (Å²) < 4.78 is 33.6. The summed E-state index contributed by atoms with van der Waals surface area (Å²) in [6, 6.07) is 10.4. The van der Waals surface area contributed by atoms with Crippen molar-refractivity contribution >= 4 is 0 Å². The quantitative estimate of drug-likeness (QED) is 0.616. The summed E-state index contributed by atoms with van der Waals surface area (Å²) in [7, 11) is 0. The van der Waals surface area contributed by atoms with Gasteiger partial charge in [-0.3, -0.25) is 0 Å². The van der Waals surface area contributed by atoms with Crippen molar-refractivity contribution in [2.45, 2.75) is 25.6 Å². The maximum absolute atomic E-state index is 7.50. The monoisotopic (exact) mass is 328 g/mol. The van der Waals surface area contributed by atoms with E-state index < -0.39 is 0 Å². The van der Waals surface area contributed by atoms with E-state index >= 15 is 0 Å². The fraction of sp³-hybridized carbons (Fsp3) is 0.400. The average Bonchev–Trinajstić information content (AvgIpc) is 3.09. The van der Waals surface area contributed by atoms with Gasteiger partial charge in [0.2, 0.25) is 0 Å². The summed E-state index contributed by atoms with van der Waals surface area (Å²) in [6.45, 7) is 19.2. The maximum Gasteiger partial charge on any atom is 6.00 e. The molecule has 0 aliphatic carbocycles. The van der Waals surface area contributed by atoms with Gasteiger partial charge in [0.15, 0.2) is 6.29 Å². The molecular weight excluding hydrogens is 312 g/mol. The number of hydrogen-bond donors (Lipinski definition) is 0. The molecule has 1 saturated heterocycles. The molecule has 1 heterocycles. The molecule has 0 atom stereocenters. The Morgan fingerprint density at radius 2 is 1.29 bits per heavy atom. The Morgan fingerprint density at radius 1 is 0.905 bits per heavy atom. The van der Waals surface area contributed by atoms with Crippen molar-refractivity contribution in [3.63, 3.8) is 0 Å². The fourth-order valence-corrected chi connectivity index (χ4v) is 1.78. The zero-order chi connectivity index (χ0) is 16.0. The first kappa shape index (κ1) is 24.9. The van der Waals surface area contributed by atoms with Crippen molar-refractivity contribution in [1.82, 2.24) is 0 Å². The topological polar surface area (TPSA) is 78.2 Å². The molecule has 21 heavy (non-hydrogen) atoms. The molecule has 0 N–H and O–H groups in total. The third kappa shape index (κ3) is 8.04. The van der Waals surface area contributed by atoms with Gasteiger partial charge in [-0.1, -0.05) is 44.2 Å². The van der Waals surface area contributed by atoms with Crippen LogP contribution in [0.25, 0.3) is 0 Å². The van der Waals surface area contributed by atoms with E-state index in [1.165, 1.54) is 5.56 Å². The largest absolute Gasteiger partial charge is 6.00 e. The second-order valence-corrected chi connectivity index (χ2v) is 4.16. The van der Waals surface area contributed by atoms with E-state index in [1.807, 2.05) is 18.2 Å². The summed E-state index contributed by atoms with van der Waals surface area (Å²) in [6.07, 6.45) is -0.107. The van der Waals surface area contributed by atoms with Gasteiger partial charge in [0.25, 0.3) is 0 Å². The van der Waals surface area contributed by atoms with Gasteiger partial charge in [-0.25, -0.2) is 0 Å². The molecule has 1 aromatic carbocycles. The smallest absolute Gasteiger partial charge is 6.00 e. The molecule has 1 aromatic rings. The molecule has 0 spiro atoms. The maximum atomic E-state index is 7.50. The molecule has 1 aliphatic rings. The number of rotatable bonds is 2. The van der Waals surface area contributed by atoms with Crippen LogP contribution in [-0.2, 0) is 46.2 Å². The molecule has 0 amide bonds. The molecule has 0 unspecified atom stereocenters. The Morgan fingerprint density at radius 3 is 1.67 bits per heavy atom. The molecule has 0 radical (unpaired) electrons. The van der Waals surface area contributed by atoms with Crippen LogP contribution in [0.1, 0.15) is 19.4 Å². The van der Waals surface area contributed by atoms with Gasteiger partial charge in [0.05, 0.1) is 13.2 Å².